The third-order valence-corrected chi connectivity index (χ3v) is 0. The fourth-order valence-electron chi connectivity index (χ4n) is 0. The normalized spacial score (nSPS) is 0.667. The second kappa shape index (κ2) is 36.0. The summed E-state index contributed by atoms with van der Waals surface area (Å²) < 4.78 is 8.06. The molecular weight excluding hydrogens is 420 g/mol. The van der Waals surface area contributed by atoms with Gasteiger partial charge in [0.1, 0.15) is 0 Å². The summed E-state index contributed by atoms with van der Waals surface area (Å²) in [4.78, 5) is 0. The van der Waals surface area contributed by atoms with Crippen molar-refractivity contribution in [2.24, 2.45) is 0 Å². The van der Waals surface area contributed by atoms with Gasteiger partial charge in [0.2, 0.25) is 0 Å². The molecule has 0 aromatic rings. The molecule has 6 heavy (non-hydrogen) atoms. The Morgan fingerprint density at radius 2 is 1.17 bits per heavy atom. The molecule has 0 aliphatic heterocycles. The fraction of sp³-hybridized carbons (Fsp3) is 0. The summed E-state index contributed by atoms with van der Waals surface area (Å²) in [5, 5.41) is 0. The van der Waals surface area contributed by atoms with Gasteiger partial charge in [-0.15, -0.1) is 0 Å². The average Bonchev–Trinajstić information content (AvgIpc) is 1.00. The monoisotopic (exact) mass is 421 g/mol. The van der Waals surface area contributed by atoms with E-state index in [0.29, 0.717) is 0 Å². The van der Waals surface area contributed by atoms with Crippen LogP contribution in [0.25, 0.3) is 0 Å². The summed E-state index contributed by atoms with van der Waals surface area (Å²) in [7, 11) is 0. The molecule has 0 heterocycles. The molecule has 0 aromatic heterocycles. The second-order valence-corrected chi connectivity index (χ2v) is 0. The van der Waals surface area contributed by atoms with Crippen LogP contribution in [-0.4, -0.2) is 45.5 Å². The Morgan fingerprint density at radius 1 is 1.17 bits per heavy atom. The van der Waals surface area contributed by atoms with Gasteiger partial charge in [-0.25, -0.2) is 0 Å². The molecule has 1 nitrogen and oxygen atoms in total. The van der Waals surface area contributed by atoms with Crippen molar-refractivity contribution in [3.63, 3.8) is 0 Å². The van der Waals surface area contributed by atoms with Crippen molar-refractivity contribution in [1.82, 2.24) is 0 Å². The molecule has 0 saturated heterocycles. The van der Waals surface area contributed by atoms with Crippen molar-refractivity contribution in [2.75, 3.05) is 0 Å². The summed E-state index contributed by atoms with van der Waals surface area (Å²) in [5.74, 6) is 0. The Labute approximate surface area is 131 Å². The third kappa shape index (κ3) is 24.5. The number of hydrogen-bond acceptors (Lipinski definition) is 1. The van der Waals surface area contributed by atoms with Gasteiger partial charge >= 0.3 is 65.3 Å². The van der Waals surface area contributed by atoms with Crippen LogP contribution < -0.4 is 0 Å². The molecule has 0 bridgehead atoms. The van der Waals surface area contributed by atoms with E-state index < -0.39 is 0 Å². The van der Waals surface area contributed by atoms with Gasteiger partial charge in [0.05, 0.1) is 0 Å². The molecule has 0 spiro atoms. The van der Waals surface area contributed by atoms with Gasteiger partial charge in [0, 0.05) is 69.2 Å². The van der Waals surface area contributed by atoms with Crippen LogP contribution in [0.2, 0.25) is 0 Å². The van der Waals surface area contributed by atoms with Gasteiger partial charge < -0.3 is 0 Å². The zero-order chi connectivity index (χ0) is 2.00. The molecular formula is H2CuLaMnNiOSr. The SMILES string of the molecule is [Cu].[La].[Ni].[O]=[Mn].[SrH2]. The first kappa shape index (κ1) is 32.4. The average molecular weight is 422 g/mol. The van der Waals surface area contributed by atoms with Gasteiger partial charge in [-0.3, -0.25) is 0 Å². The zero-order valence-corrected chi connectivity index (χ0v) is 8.72. The van der Waals surface area contributed by atoms with E-state index in [0.717, 1.165) is 0 Å². The van der Waals surface area contributed by atoms with E-state index in [1.807, 2.05) is 0 Å². The Kier molecular flexibility index (Phi) is 194. The zero-order valence-electron chi connectivity index (χ0n) is 1.98. The van der Waals surface area contributed by atoms with Crippen molar-refractivity contribution in [3.05, 3.63) is 0 Å². The van der Waals surface area contributed by atoms with E-state index in [1.54, 1.807) is 15.9 Å². The van der Waals surface area contributed by atoms with Crippen LogP contribution in [0.3, 0.4) is 0 Å². The molecule has 0 aromatic carbocycles. The molecule has 41 valence electrons. The predicted molar refractivity (Wildman–Crippen MR) is 9.23 cm³/mol. The van der Waals surface area contributed by atoms with Crippen LogP contribution in [0.1, 0.15) is 0 Å². The van der Waals surface area contributed by atoms with E-state index in [-0.39, 0.29) is 115 Å². The minimum absolute atomic E-state index is 0. The van der Waals surface area contributed by atoms with Crippen molar-refractivity contribution < 1.29 is 88.9 Å². The second-order valence-electron chi connectivity index (χ2n) is 0. The minimum atomic E-state index is 0. The predicted octanol–water partition coefficient (Wildman–Crippen LogP) is -1.04. The molecule has 0 amide bonds. The summed E-state index contributed by atoms with van der Waals surface area (Å²) in [6, 6.07) is 0. The molecule has 6 heteroatoms. The summed E-state index contributed by atoms with van der Waals surface area (Å²) in [5.41, 5.74) is 0. The van der Waals surface area contributed by atoms with Crippen LogP contribution in [0.5, 0.6) is 0 Å². The van der Waals surface area contributed by atoms with Crippen molar-refractivity contribution in [3.8, 4) is 0 Å². The van der Waals surface area contributed by atoms with Crippen LogP contribution in [0.15, 0.2) is 0 Å². The van der Waals surface area contributed by atoms with E-state index in [9.17, 15) is 0 Å². The molecule has 2 radical (unpaired) electrons. The maximum absolute atomic E-state index is 8.06. The summed E-state index contributed by atoms with van der Waals surface area (Å²) >= 11 is 1.69. The Hall–Kier alpha value is 4.01. The van der Waals surface area contributed by atoms with Gasteiger partial charge in [-0.05, 0) is 0 Å². The van der Waals surface area contributed by atoms with Gasteiger partial charge in [-0.2, -0.15) is 0 Å². The van der Waals surface area contributed by atoms with Crippen molar-refractivity contribution >= 4 is 45.5 Å². The Bertz CT molecular complexity index is 15.5. The molecule has 0 atom stereocenters. The summed E-state index contributed by atoms with van der Waals surface area (Å²) in [6.45, 7) is 0. The van der Waals surface area contributed by atoms with E-state index in [2.05, 4.69) is 0 Å². The van der Waals surface area contributed by atoms with E-state index in [1.165, 1.54) is 0 Å². The maximum atomic E-state index is 8.06. The molecule has 0 unspecified atom stereocenters. The molecule has 0 fully saturated rings. The topological polar surface area (TPSA) is 17.1 Å². The number of hydrogen-bond donors (Lipinski definition) is 0. The van der Waals surface area contributed by atoms with Gasteiger partial charge in [0.15, 0.2) is 0 Å². The van der Waals surface area contributed by atoms with Gasteiger partial charge in [0.25, 0.3) is 0 Å². The van der Waals surface area contributed by atoms with Crippen molar-refractivity contribution in [1.29, 1.82) is 0 Å². The molecule has 0 saturated carbocycles. The quantitative estimate of drug-likeness (QED) is 0.457. The Morgan fingerprint density at radius 3 is 1.17 bits per heavy atom. The summed E-state index contributed by atoms with van der Waals surface area (Å²) in [6.07, 6.45) is 0. The van der Waals surface area contributed by atoms with E-state index in [4.69, 9.17) is 3.83 Å². The van der Waals surface area contributed by atoms with Crippen LogP contribution >= 0.6 is 0 Å². The van der Waals surface area contributed by atoms with Crippen LogP contribution in [-0.2, 0) is 53.3 Å². The third-order valence-electron chi connectivity index (χ3n) is 0. The Balaban J connectivity index is -0.000000000833. The first-order valence-corrected chi connectivity index (χ1v) is 0.636. The van der Waals surface area contributed by atoms with E-state index >= 15 is 0 Å². The molecule has 0 aliphatic rings. The molecule has 0 N–H and O–H groups in total. The molecule has 0 aliphatic carbocycles. The van der Waals surface area contributed by atoms with Gasteiger partial charge in [-0.1, -0.05) is 0 Å². The first-order chi connectivity index (χ1) is 1.00. The fourth-order valence-corrected chi connectivity index (χ4v) is 0. The number of rotatable bonds is 0. The molecule has 0 rings (SSSR count). The van der Waals surface area contributed by atoms with Crippen LogP contribution in [0, 0.1) is 35.6 Å². The van der Waals surface area contributed by atoms with Crippen LogP contribution in [0.4, 0.5) is 0 Å². The standard InChI is InChI=1S/Cu.La.Mn.Ni.O.Sr.2H. The van der Waals surface area contributed by atoms with Crippen molar-refractivity contribution in [2.45, 2.75) is 0 Å². The first-order valence-electron chi connectivity index (χ1n) is 0.154.